The summed E-state index contributed by atoms with van der Waals surface area (Å²) in [7, 11) is 0. The predicted molar refractivity (Wildman–Crippen MR) is 41.3 cm³/mol. The third-order valence-electron chi connectivity index (χ3n) is 1.78. The molecular formula is C9H8O3. The molecule has 0 fully saturated rings. The van der Waals surface area contributed by atoms with Gasteiger partial charge >= 0.3 is 5.97 Å². The smallest absolute Gasteiger partial charge is 0.331 e. The summed E-state index contributed by atoms with van der Waals surface area (Å²) in [6, 6.07) is 1.80. The number of ether oxygens (including phenoxy) is 1. The van der Waals surface area contributed by atoms with Crippen LogP contribution >= 0.6 is 0 Å². The van der Waals surface area contributed by atoms with Gasteiger partial charge in [0.1, 0.15) is 6.10 Å². The predicted octanol–water partition coefficient (Wildman–Crippen LogP) is 1.82. The molecule has 0 saturated carbocycles. The highest BCUT2D eigenvalue weighted by molar-refractivity contribution is 5.82. The van der Waals surface area contributed by atoms with E-state index in [9.17, 15) is 4.79 Å². The fraction of sp³-hybridized carbons (Fsp3) is 0.222. The Morgan fingerprint density at radius 1 is 1.50 bits per heavy atom. The summed E-state index contributed by atoms with van der Waals surface area (Å²) < 4.78 is 9.93. The van der Waals surface area contributed by atoms with Crippen LogP contribution < -0.4 is 0 Å². The van der Waals surface area contributed by atoms with Gasteiger partial charge in [0.05, 0.1) is 12.5 Å². The van der Waals surface area contributed by atoms with Gasteiger partial charge in [0, 0.05) is 18.1 Å². The maximum absolute atomic E-state index is 10.8. The molecule has 12 heavy (non-hydrogen) atoms. The van der Waals surface area contributed by atoms with Gasteiger partial charge < -0.3 is 9.15 Å². The standard InChI is InChI=1S/C9H8O3/c10-9-3-1-2-8(12-9)7-4-5-11-6-7/h1,3-6,8H,2H2/t8-/m1/s1. The highest BCUT2D eigenvalue weighted by atomic mass is 16.5. The first-order valence-corrected chi connectivity index (χ1v) is 3.75. The van der Waals surface area contributed by atoms with E-state index < -0.39 is 0 Å². The summed E-state index contributed by atoms with van der Waals surface area (Å²) in [5.74, 6) is -0.285. The Kier molecular flexibility index (Phi) is 1.70. The molecule has 1 aromatic heterocycles. The van der Waals surface area contributed by atoms with Crippen molar-refractivity contribution in [1.29, 1.82) is 0 Å². The molecule has 3 nitrogen and oxygen atoms in total. The van der Waals surface area contributed by atoms with Gasteiger partial charge in [-0.25, -0.2) is 4.79 Å². The summed E-state index contributed by atoms with van der Waals surface area (Å²) in [5, 5.41) is 0. The first-order chi connectivity index (χ1) is 5.86. The quantitative estimate of drug-likeness (QED) is 0.594. The Morgan fingerprint density at radius 2 is 2.42 bits per heavy atom. The van der Waals surface area contributed by atoms with E-state index in [0.29, 0.717) is 0 Å². The van der Waals surface area contributed by atoms with Crippen molar-refractivity contribution in [2.75, 3.05) is 0 Å². The number of furan rings is 1. The third-order valence-corrected chi connectivity index (χ3v) is 1.78. The van der Waals surface area contributed by atoms with E-state index in [1.807, 2.05) is 6.08 Å². The minimum absolute atomic E-state index is 0.166. The van der Waals surface area contributed by atoms with Crippen molar-refractivity contribution < 1.29 is 13.9 Å². The van der Waals surface area contributed by atoms with E-state index in [1.54, 1.807) is 18.6 Å². The van der Waals surface area contributed by atoms with Crippen molar-refractivity contribution in [2.24, 2.45) is 0 Å². The van der Waals surface area contributed by atoms with Gasteiger partial charge in [-0.05, 0) is 6.07 Å². The van der Waals surface area contributed by atoms with Crippen molar-refractivity contribution in [1.82, 2.24) is 0 Å². The molecular weight excluding hydrogens is 156 g/mol. The third kappa shape index (κ3) is 1.25. The molecule has 0 unspecified atom stereocenters. The van der Waals surface area contributed by atoms with Crippen LogP contribution in [0.2, 0.25) is 0 Å². The molecule has 2 heterocycles. The molecule has 3 heteroatoms. The van der Waals surface area contributed by atoms with Crippen LogP contribution in [0.4, 0.5) is 0 Å². The van der Waals surface area contributed by atoms with Crippen molar-refractivity contribution >= 4 is 5.97 Å². The zero-order chi connectivity index (χ0) is 8.39. The number of hydrogen-bond acceptors (Lipinski definition) is 3. The van der Waals surface area contributed by atoms with Crippen LogP contribution in [0.15, 0.2) is 35.2 Å². The van der Waals surface area contributed by atoms with Crippen molar-refractivity contribution in [3.05, 3.63) is 36.3 Å². The molecule has 0 N–H and O–H groups in total. The minimum Gasteiger partial charge on any atom is -0.472 e. The van der Waals surface area contributed by atoms with Gasteiger partial charge in [-0.15, -0.1) is 0 Å². The average molecular weight is 164 g/mol. The molecule has 0 bridgehead atoms. The Balaban J connectivity index is 2.17. The number of rotatable bonds is 1. The molecule has 1 aliphatic heterocycles. The lowest BCUT2D eigenvalue weighted by Crippen LogP contribution is -2.11. The number of hydrogen-bond donors (Lipinski definition) is 0. The molecule has 0 saturated heterocycles. The molecule has 0 radical (unpaired) electrons. The Labute approximate surface area is 69.6 Å². The summed E-state index contributed by atoms with van der Waals surface area (Å²) in [4.78, 5) is 10.8. The zero-order valence-electron chi connectivity index (χ0n) is 6.40. The summed E-state index contributed by atoms with van der Waals surface area (Å²) in [5.41, 5.74) is 0.910. The number of esters is 1. The van der Waals surface area contributed by atoms with Gasteiger partial charge in [-0.2, -0.15) is 0 Å². The van der Waals surface area contributed by atoms with E-state index in [0.717, 1.165) is 12.0 Å². The van der Waals surface area contributed by atoms with E-state index >= 15 is 0 Å². The van der Waals surface area contributed by atoms with Gasteiger partial charge in [0.15, 0.2) is 0 Å². The van der Waals surface area contributed by atoms with Crippen LogP contribution in [-0.4, -0.2) is 5.97 Å². The second-order valence-corrected chi connectivity index (χ2v) is 2.62. The molecule has 0 spiro atoms. The molecule has 62 valence electrons. The summed E-state index contributed by atoms with van der Waals surface area (Å²) in [6.45, 7) is 0. The molecule has 1 aromatic rings. The lowest BCUT2D eigenvalue weighted by atomic mass is 10.1. The summed E-state index contributed by atoms with van der Waals surface area (Å²) in [6.07, 6.45) is 6.98. The van der Waals surface area contributed by atoms with Gasteiger partial charge in [0.2, 0.25) is 0 Å². The Bertz CT molecular complexity index is 298. The zero-order valence-corrected chi connectivity index (χ0v) is 6.40. The average Bonchev–Trinajstić information content (AvgIpc) is 2.56. The topological polar surface area (TPSA) is 39.4 Å². The van der Waals surface area contributed by atoms with Crippen LogP contribution in [0.3, 0.4) is 0 Å². The largest absolute Gasteiger partial charge is 0.472 e. The van der Waals surface area contributed by atoms with Crippen LogP contribution in [0, 0.1) is 0 Å². The van der Waals surface area contributed by atoms with Gasteiger partial charge in [0.25, 0.3) is 0 Å². The van der Waals surface area contributed by atoms with Crippen molar-refractivity contribution in [3.8, 4) is 0 Å². The second kappa shape index (κ2) is 2.85. The van der Waals surface area contributed by atoms with Crippen LogP contribution in [0.1, 0.15) is 18.1 Å². The highest BCUT2D eigenvalue weighted by Gasteiger charge is 2.18. The van der Waals surface area contributed by atoms with Gasteiger partial charge in [-0.3, -0.25) is 0 Å². The highest BCUT2D eigenvalue weighted by Crippen LogP contribution is 2.24. The van der Waals surface area contributed by atoms with Crippen molar-refractivity contribution in [3.63, 3.8) is 0 Å². The van der Waals surface area contributed by atoms with Gasteiger partial charge in [-0.1, -0.05) is 6.08 Å². The lowest BCUT2D eigenvalue weighted by molar-refractivity contribution is -0.144. The number of cyclic esters (lactones) is 1. The fourth-order valence-electron chi connectivity index (χ4n) is 1.18. The van der Waals surface area contributed by atoms with Crippen LogP contribution in [0.5, 0.6) is 0 Å². The maximum Gasteiger partial charge on any atom is 0.331 e. The van der Waals surface area contributed by atoms with Crippen LogP contribution in [-0.2, 0) is 9.53 Å². The van der Waals surface area contributed by atoms with E-state index in [2.05, 4.69) is 0 Å². The van der Waals surface area contributed by atoms with E-state index in [-0.39, 0.29) is 12.1 Å². The molecule has 0 amide bonds. The first-order valence-electron chi connectivity index (χ1n) is 3.75. The molecule has 1 aliphatic rings. The number of carbonyl (C=O) groups excluding carboxylic acids is 1. The second-order valence-electron chi connectivity index (χ2n) is 2.62. The van der Waals surface area contributed by atoms with Crippen LogP contribution in [0.25, 0.3) is 0 Å². The minimum atomic E-state index is -0.285. The molecule has 1 atom stereocenters. The lowest BCUT2D eigenvalue weighted by Gasteiger charge is -2.16. The van der Waals surface area contributed by atoms with E-state index in [1.165, 1.54) is 6.08 Å². The fourth-order valence-corrected chi connectivity index (χ4v) is 1.18. The molecule has 2 rings (SSSR count). The SMILES string of the molecule is O=C1C=CC[C@H](c2ccoc2)O1. The molecule has 0 aliphatic carbocycles. The Hall–Kier alpha value is -1.51. The molecule has 0 aromatic carbocycles. The monoisotopic (exact) mass is 164 g/mol. The van der Waals surface area contributed by atoms with E-state index in [4.69, 9.17) is 9.15 Å². The Morgan fingerprint density at radius 3 is 3.08 bits per heavy atom. The normalized spacial score (nSPS) is 22.3. The maximum atomic E-state index is 10.8. The summed E-state index contributed by atoms with van der Waals surface area (Å²) >= 11 is 0. The first kappa shape index (κ1) is 7.16. The number of carbonyl (C=O) groups is 1. The van der Waals surface area contributed by atoms with Crippen molar-refractivity contribution in [2.45, 2.75) is 12.5 Å².